The maximum Gasteiger partial charge on any atom is 0.0223 e. The highest BCUT2D eigenvalue weighted by molar-refractivity contribution is 4.86. The average molecular weight is 252 g/mol. The van der Waals surface area contributed by atoms with Gasteiger partial charge in [0.25, 0.3) is 0 Å². The molecule has 2 rings (SSSR count). The number of unbranched alkanes of at least 4 members (excludes halogenated alkanes) is 1. The Hall–Kier alpha value is -0.0800. The van der Waals surface area contributed by atoms with Crippen LogP contribution in [-0.4, -0.2) is 36.6 Å². The van der Waals surface area contributed by atoms with Crippen molar-refractivity contribution in [1.29, 1.82) is 0 Å². The Bertz CT molecular complexity index is 223. The quantitative estimate of drug-likeness (QED) is 0.825. The normalized spacial score (nSPS) is 32.3. The Labute approximate surface area is 114 Å². The predicted molar refractivity (Wildman–Crippen MR) is 78.9 cm³/mol. The van der Waals surface area contributed by atoms with Crippen LogP contribution in [-0.2, 0) is 0 Å². The van der Waals surface area contributed by atoms with Gasteiger partial charge >= 0.3 is 0 Å². The van der Waals surface area contributed by atoms with Crippen molar-refractivity contribution in [2.45, 2.75) is 77.3 Å². The maximum atomic E-state index is 3.85. The minimum atomic E-state index is 0.770. The summed E-state index contributed by atoms with van der Waals surface area (Å²) in [7, 11) is 0. The fourth-order valence-corrected chi connectivity index (χ4v) is 3.68. The van der Waals surface area contributed by atoms with Crippen LogP contribution in [0.25, 0.3) is 0 Å². The first kappa shape index (κ1) is 14.3. The maximum absolute atomic E-state index is 3.85. The van der Waals surface area contributed by atoms with E-state index in [9.17, 15) is 0 Å². The molecule has 0 aromatic rings. The van der Waals surface area contributed by atoms with Crippen LogP contribution in [0.2, 0.25) is 0 Å². The van der Waals surface area contributed by atoms with Gasteiger partial charge in [-0.25, -0.2) is 0 Å². The Morgan fingerprint density at radius 3 is 2.61 bits per heavy atom. The van der Waals surface area contributed by atoms with Crippen LogP contribution in [0.3, 0.4) is 0 Å². The Balaban J connectivity index is 1.89. The van der Waals surface area contributed by atoms with E-state index in [1.165, 1.54) is 71.0 Å². The summed E-state index contributed by atoms with van der Waals surface area (Å²) in [5, 5.41) is 3.85. The number of nitrogens with zero attached hydrogens (tertiary/aromatic N) is 1. The van der Waals surface area contributed by atoms with Crippen LogP contribution in [0.4, 0.5) is 0 Å². The largest absolute Gasteiger partial charge is 0.312 e. The van der Waals surface area contributed by atoms with Crippen molar-refractivity contribution in [1.82, 2.24) is 10.2 Å². The second kappa shape index (κ2) is 7.49. The van der Waals surface area contributed by atoms with Gasteiger partial charge in [-0.3, -0.25) is 4.90 Å². The van der Waals surface area contributed by atoms with Crippen LogP contribution in [0.1, 0.15) is 65.2 Å². The minimum absolute atomic E-state index is 0.770. The molecule has 0 spiro atoms. The van der Waals surface area contributed by atoms with E-state index >= 15 is 0 Å². The summed E-state index contributed by atoms with van der Waals surface area (Å²) >= 11 is 0. The zero-order valence-corrected chi connectivity index (χ0v) is 12.5. The number of rotatable bonds is 4. The molecule has 2 aliphatic rings. The summed E-state index contributed by atoms with van der Waals surface area (Å²) in [4.78, 5) is 2.75. The topological polar surface area (TPSA) is 15.3 Å². The smallest absolute Gasteiger partial charge is 0.0223 e. The Morgan fingerprint density at radius 2 is 1.89 bits per heavy atom. The molecular weight excluding hydrogens is 220 g/mol. The third kappa shape index (κ3) is 3.96. The van der Waals surface area contributed by atoms with Crippen LogP contribution in [0.5, 0.6) is 0 Å². The van der Waals surface area contributed by atoms with Gasteiger partial charge in [0.2, 0.25) is 0 Å². The first-order valence-electron chi connectivity index (χ1n) is 8.28. The van der Waals surface area contributed by atoms with Gasteiger partial charge in [0.05, 0.1) is 0 Å². The molecule has 0 aromatic heterocycles. The minimum Gasteiger partial charge on any atom is -0.312 e. The predicted octanol–water partition coefficient (Wildman–Crippen LogP) is 3.42. The molecule has 2 atom stereocenters. The first-order valence-corrected chi connectivity index (χ1v) is 8.28. The fourth-order valence-electron chi connectivity index (χ4n) is 3.68. The molecule has 2 unspecified atom stereocenters. The summed E-state index contributed by atoms with van der Waals surface area (Å²) < 4.78 is 0. The second-order valence-corrected chi connectivity index (χ2v) is 6.44. The van der Waals surface area contributed by atoms with Gasteiger partial charge in [0.1, 0.15) is 0 Å². The lowest BCUT2D eigenvalue weighted by molar-refractivity contribution is 0.170. The molecule has 0 bridgehead atoms. The molecule has 2 heteroatoms. The third-order valence-electron chi connectivity index (χ3n) is 5.04. The number of nitrogens with one attached hydrogen (secondary N) is 1. The standard InChI is InChI=1S/C16H32N2/c1-3-4-12-18-13-16(17-11-10-14(18)2)15-8-6-5-7-9-15/h14-17H,3-13H2,1-2H3. The average Bonchev–Trinajstić information content (AvgIpc) is 2.60. The molecule has 2 nitrogen and oxygen atoms in total. The monoisotopic (exact) mass is 252 g/mol. The van der Waals surface area contributed by atoms with Crippen LogP contribution in [0.15, 0.2) is 0 Å². The molecule has 0 amide bonds. The van der Waals surface area contributed by atoms with Crippen LogP contribution < -0.4 is 5.32 Å². The van der Waals surface area contributed by atoms with Crippen molar-refractivity contribution in [2.24, 2.45) is 5.92 Å². The van der Waals surface area contributed by atoms with Gasteiger partial charge in [-0.2, -0.15) is 0 Å². The molecule has 1 aliphatic heterocycles. The highest BCUT2D eigenvalue weighted by atomic mass is 15.2. The van der Waals surface area contributed by atoms with E-state index in [0.717, 1.165) is 18.0 Å². The Morgan fingerprint density at radius 1 is 1.11 bits per heavy atom. The molecule has 1 saturated heterocycles. The van der Waals surface area contributed by atoms with E-state index in [2.05, 4.69) is 24.1 Å². The lowest BCUT2D eigenvalue weighted by Crippen LogP contribution is -2.45. The molecule has 106 valence electrons. The second-order valence-electron chi connectivity index (χ2n) is 6.44. The molecule has 1 aliphatic carbocycles. The van der Waals surface area contributed by atoms with Gasteiger partial charge in [-0.15, -0.1) is 0 Å². The van der Waals surface area contributed by atoms with Crippen molar-refractivity contribution >= 4 is 0 Å². The summed E-state index contributed by atoms with van der Waals surface area (Å²) in [5.74, 6) is 0.952. The van der Waals surface area contributed by atoms with Gasteiger partial charge in [0.15, 0.2) is 0 Å². The third-order valence-corrected chi connectivity index (χ3v) is 5.04. The number of hydrogen-bond acceptors (Lipinski definition) is 2. The van der Waals surface area contributed by atoms with Gasteiger partial charge < -0.3 is 5.32 Å². The number of hydrogen-bond donors (Lipinski definition) is 1. The first-order chi connectivity index (χ1) is 8.81. The van der Waals surface area contributed by atoms with Crippen LogP contribution in [0, 0.1) is 5.92 Å². The molecule has 0 aromatic carbocycles. The van der Waals surface area contributed by atoms with Crippen molar-refractivity contribution in [3.8, 4) is 0 Å². The summed E-state index contributed by atoms with van der Waals surface area (Å²) in [6.45, 7) is 8.55. The van der Waals surface area contributed by atoms with Gasteiger partial charge in [-0.1, -0.05) is 32.6 Å². The van der Waals surface area contributed by atoms with Crippen LogP contribution >= 0.6 is 0 Å². The van der Waals surface area contributed by atoms with E-state index in [1.807, 2.05) is 0 Å². The van der Waals surface area contributed by atoms with E-state index in [4.69, 9.17) is 0 Å². The highest BCUT2D eigenvalue weighted by Crippen LogP contribution is 2.28. The molecule has 1 saturated carbocycles. The zero-order valence-electron chi connectivity index (χ0n) is 12.5. The SMILES string of the molecule is CCCCN1CC(C2CCCCC2)NCCC1C. The van der Waals surface area contributed by atoms with E-state index < -0.39 is 0 Å². The lowest BCUT2D eigenvalue weighted by atomic mass is 9.83. The van der Waals surface area contributed by atoms with E-state index in [1.54, 1.807) is 0 Å². The lowest BCUT2D eigenvalue weighted by Gasteiger charge is -2.34. The molecule has 18 heavy (non-hydrogen) atoms. The van der Waals surface area contributed by atoms with E-state index in [-0.39, 0.29) is 0 Å². The molecule has 0 radical (unpaired) electrons. The van der Waals surface area contributed by atoms with Crippen molar-refractivity contribution in [3.05, 3.63) is 0 Å². The molecular formula is C16H32N2. The Kier molecular flexibility index (Phi) is 5.97. The van der Waals surface area contributed by atoms with Gasteiger partial charge in [-0.05, 0) is 51.6 Å². The highest BCUT2D eigenvalue weighted by Gasteiger charge is 2.28. The summed E-state index contributed by atoms with van der Waals surface area (Å²) in [6, 6.07) is 1.55. The van der Waals surface area contributed by atoms with Crippen molar-refractivity contribution in [2.75, 3.05) is 19.6 Å². The molecule has 2 fully saturated rings. The van der Waals surface area contributed by atoms with Crippen molar-refractivity contribution < 1.29 is 0 Å². The summed E-state index contributed by atoms with van der Waals surface area (Å²) in [6.07, 6.45) is 11.3. The molecule has 1 N–H and O–H groups in total. The van der Waals surface area contributed by atoms with E-state index in [0.29, 0.717) is 0 Å². The fraction of sp³-hybridized carbons (Fsp3) is 1.00. The van der Waals surface area contributed by atoms with Crippen molar-refractivity contribution in [3.63, 3.8) is 0 Å². The summed E-state index contributed by atoms with van der Waals surface area (Å²) in [5.41, 5.74) is 0. The molecule has 1 heterocycles. The zero-order chi connectivity index (χ0) is 12.8. The van der Waals surface area contributed by atoms with Gasteiger partial charge in [0, 0.05) is 18.6 Å².